The number of unbranched alkanes of at least 4 members (excludes halogenated alkanes) is 3. The van der Waals surface area contributed by atoms with E-state index in [1.807, 2.05) is 0 Å². The molecule has 2 aromatic rings. The highest BCUT2D eigenvalue weighted by Gasteiger charge is 2.22. The van der Waals surface area contributed by atoms with E-state index < -0.39 is 0 Å². The van der Waals surface area contributed by atoms with E-state index in [2.05, 4.69) is 65.6 Å². The van der Waals surface area contributed by atoms with Crippen molar-refractivity contribution in [1.82, 2.24) is 4.90 Å². The van der Waals surface area contributed by atoms with E-state index in [4.69, 9.17) is 0 Å². The Bertz CT molecular complexity index is 914. The van der Waals surface area contributed by atoms with Crippen LogP contribution in [0.1, 0.15) is 99.3 Å². The number of benzene rings is 2. The average Bonchev–Trinajstić information content (AvgIpc) is 3.04. The summed E-state index contributed by atoms with van der Waals surface area (Å²) in [5.74, 6) is 1.06. The first kappa shape index (κ1) is 22.7. The maximum absolute atomic E-state index is 2.72. The molecule has 0 unspecified atom stereocenters. The van der Waals surface area contributed by atoms with Crippen LogP contribution in [-0.4, -0.2) is 24.5 Å². The summed E-state index contributed by atoms with van der Waals surface area (Å²) in [5, 5.41) is 0. The van der Waals surface area contributed by atoms with Crippen LogP contribution in [0.4, 0.5) is 0 Å². The Morgan fingerprint density at radius 3 is 1.94 bits per heavy atom. The highest BCUT2D eigenvalue weighted by atomic mass is 15.1. The van der Waals surface area contributed by atoms with Gasteiger partial charge in [0, 0.05) is 13.1 Å². The highest BCUT2D eigenvalue weighted by molar-refractivity contribution is 5.94. The third-order valence-electron chi connectivity index (χ3n) is 8.28. The van der Waals surface area contributed by atoms with Gasteiger partial charge in [0.15, 0.2) is 0 Å². The first-order valence-corrected chi connectivity index (χ1v) is 13.7. The van der Waals surface area contributed by atoms with Crippen molar-refractivity contribution < 1.29 is 0 Å². The van der Waals surface area contributed by atoms with Crippen molar-refractivity contribution in [3.8, 4) is 0 Å². The number of rotatable bonds is 7. The minimum Gasteiger partial charge on any atom is -0.303 e. The molecule has 0 spiro atoms. The molecule has 0 N–H and O–H groups in total. The van der Waals surface area contributed by atoms with Crippen molar-refractivity contribution >= 4 is 17.7 Å². The predicted molar refractivity (Wildman–Crippen MR) is 143 cm³/mol. The SMILES string of the molecule is C1=Cc2ccccc2C(=C2CCN(CCCCCCC3CCCCC3)CC2)c2ccccc21. The van der Waals surface area contributed by atoms with Crippen LogP contribution in [0, 0.1) is 5.92 Å². The molecule has 0 atom stereocenters. The van der Waals surface area contributed by atoms with Crippen LogP contribution in [0.5, 0.6) is 0 Å². The summed E-state index contributed by atoms with van der Waals surface area (Å²) < 4.78 is 0. The Morgan fingerprint density at radius 2 is 1.27 bits per heavy atom. The molecular formula is C32H41N. The summed E-state index contributed by atoms with van der Waals surface area (Å²) in [4.78, 5) is 2.72. The van der Waals surface area contributed by atoms with Crippen molar-refractivity contribution in [2.75, 3.05) is 19.6 Å². The number of nitrogens with zero attached hydrogens (tertiary/aromatic N) is 1. The zero-order chi connectivity index (χ0) is 22.3. The van der Waals surface area contributed by atoms with Crippen LogP contribution in [0.15, 0.2) is 54.1 Å². The lowest BCUT2D eigenvalue weighted by atomic mass is 9.85. The Kier molecular flexibility index (Phi) is 7.79. The summed E-state index contributed by atoms with van der Waals surface area (Å²) in [7, 11) is 0. The van der Waals surface area contributed by atoms with Crippen LogP contribution in [0.3, 0.4) is 0 Å². The molecule has 3 aliphatic rings. The fourth-order valence-electron chi connectivity index (χ4n) is 6.34. The first-order chi connectivity index (χ1) is 16.4. The predicted octanol–water partition coefficient (Wildman–Crippen LogP) is 8.60. The Hall–Kier alpha value is -2.12. The second-order valence-electron chi connectivity index (χ2n) is 10.5. The van der Waals surface area contributed by atoms with Gasteiger partial charge in [0.05, 0.1) is 0 Å². The molecule has 1 aliphatic heterocycles. The van der Waals surface area contributed by atoms with Gasteiger partial charge in [-0.05, 0) is 59.6 Å². The van der Waals surface area contributed by atoms with E-state index in [0.29, 0.717) is 0 Å². The Balaban J connectivity index is 1.15. The van der Waals surface area contributed by atoms with Gasteiger partial charge < -0.3 is 4.90 Å². The standard InChI is InChI=1S/C32H41N/c1(4-12-26-13-5-3-6-14-26)2-11-23-33-24-21-29(22-25-33)32-30-17-9-7-15-27(30)19-20-28-16-8-10-18-31(28)32/h7-10,15-20,26H,1-6,11-14,21-25H2. The zero-order valence-corrected chi connectivity index (χ0v) is 20.4. The molecule has 1 heterocycles. The maximum Gasteiger partial charge on any atom is 0.00190 e. The average molecular weight is 440 g/mol. The van der Waals surface area contributed by atoms with Gasteiger partial charge in [-0.1, -0.05) is 124 Å². The summed E-state index contributed by atoms with van der Waals surface area (Å²) in [6.45, 7) is 3.73. The van der Waals surface area contributed by atoms with Gasteiger partial charge in [-0.3, -0.25) is 0 Å². The third-order valence-corrected chi connectivity index (χ3v) is 8.28. The van der Waals surface area contributed by atoms with Gasteiger partial charge in [-0.2, -0.15) is 0 Å². The number of hydrogen-bond acceptors (Lipinski definition) is 1. The molecular weight excluding hydrogens is 398 g/mol. The van der Waals surface area contributed by atoms with Gasteiger partial charge >= 0.3 is 0 Å². The smallest absolute Gasteiger partial charge is 0.00190 e. The topological polar surface area (TPSA) is 3.24 Å². The minimum atomic E-state index is 1.06. The maximum atomic E-state index is 2.72. The largest absolute Gasteiger partial charge is 0.303 e. The van der Waals surface area contributed by atoms with Crippen molar-refractivity contribution in [3.63, 3.8) is 0 Å². The van der Waals surface area contributed by atoms with E-state index in [-0.39, 0.29) is 0 Å². The van der Waals surface area contributed by atoms with E-state index >= 15 is 0 Å². The highest BCUT2D eigenvalue weighted by Crippen LogP contribution is 2.38. The molecule has 2 aromatic carbocycles. The molecule has 1 nitrogen and oxygen atoms in total. The molecule has 0 radical (unpaired) electrons. The summed E-state index contributed by atoms with van der Waals surface area (Å²) in [5.41, 5.74) is 8.70. The van der Waals surface area contributed by atoms with Gasteiger partial charge in [-0.25, -0.2) is 0 Å². The Labute approximate surface area is 201 Å². The molecule has 1 saturated carbocycles. The lowest BCUT2D eigenvalue weighted by Gasteiger charge is -2.30. The van der Waals surface area contributed by atoms with Crippen molar-refractivity contribution in [1.29, 1.82) is 0 Å². The molecule has 1 saturated heterocycles. The third kappa shape index (κ3) is 5.69. The molecule has 1 heteroatoms. The number of hydrogen-bond donors (Lipinski definition) is 0. The van der Waals surface area contributed by atoms with E-state index in [9.17, 15) is 0 Å². The molecule has 174 valence electrons. The van der Waals surface area contributed by atoms with E-state index in [1.165, 1.54) is 125 Å². The molecule has 33 heavy (non-hydrogen) atoms. The van der Waals surface area contributed by atoms with Crippen LogP contribution in [0.25, 0.3) is 17.7 Å². The zero-order valence-electron chi connectivity index (χ0n) is 20.4. The van der Waals surface area contributed by atoms with Crippen LogP contribution in [-0.2, 0) is 0 Å². The molecule has 2 aliphatic carbocycles. The van der Waals surface area contributed by atoms with Crippen molar-refractivity contribution in [3.05, 3.63) is 76.4 Å². The normalized spacial score (nSPS) is 19.3. The van der Waals surface area contributed by atoms with Crippen molar-refractivity contribution in [2.45, 2.75) is 77.0 Å². The monoisotopic (exact) mass is 439 g/mol. The van der Waals surface area contributed by atoms with Gasteiger partial charge in [-0.15, -0.1) is 0 Å². The molecule has 0 amide bonds. The fourth-order valence-corrected chi connectivity index (χ4v) is 6.34. The fraction of sp³-hybridized carbons (Fsp3) is 0.500. The van der Waals surface area contributed by atoms with Crippen LogP contribution >= 0.6 is 0 Å². The summed E-state index contributed by atoms with van der Waals surface area (Å²) in [6, 6.07) is 17.9. The van der Waals surface area contributed by atoms with Gasteiger partial charge in [0.2, 0.25) is 0 Å². The first-order valence-electron chi connectivity index (χ1n) is 13.7. The summed E-state index contributed by atoms with van der Waals surface area (Å²) >= 11 is 0. The van der Waals surface area contributed by atoms with E-state index in [0.717, 1.165) is 5.92 Å². The van der Waals surface area contributed by atoms with Crippen molar-refractivity contribution in [2.24, 2.45) is 5.92 Å². The van der Waals surface area contributed by atoms with Crippen LogP contribution in [0.2, 0.25) is 0 Å². The second-order valence-corrected chi connectivity index (χ2v) is 10.5. The van der Waals surface area contributed by atoms with Gasteiger partial charge in [0.25, 0.3) is 0 Å². The Morgan fingerprint density at radius 1 is 0.667 bits per heavy atom. The molecule has 5 rings (SSSR count). The quantitative estimate of drug-likeness (QED) is 0.333. The lowest BCUT2D eigenvalue weighted by Crippen LogP contribution is -2.32. The number of likely N-dealkylation sites (tertiary alicyclic amines) is 1. The van der Waals surface area contributed by atoms with Crippen LogP contribution < -0.4 is 0 Å². The number of fused-ring (bicyclic) bond motifs is 2. The second kappa shape index (κ2) is 11.3. The minimum absolute atomic E-state index is 1.06. The summed E-state index contributed by atoms with van der Waals surface area (Å²) in [6.07, 6.45) is 21.7. The molecule has 2 fully saturated rings. The lowest BCUT2D eigenvalue weighted by molar-refractivity contribution is 0.250. The van der Waals surface area contributed by atoms with Gasteiger partial charge in [0.1, 0.15) is 0 Å². The molecule has 0 bridgehead atoms. The van der Waals surface area contributed by atoms with E-state index in [1.54, 1.807) is 5.57 Å². The molecule has 0 aromatic heterocycles. The number of piperidine rings is 1.